The van der Waals surface area contributed by atoms with Gasteiger partial charge in [0, 0.05) is 17.7 Å². The van der Waals surface area contributed by atoms with E-state index in [9.17, 15) is 31.2 Å². The Balaban J connectivity index is 1.81. The van der Waals surface area contributed by atoms with Gasteiger partial charge in [-0.15, -0.1) is 5.10 Å². The molecule has 4 rings (SSSR count). The zero-order valence-electron chi connectivity index (χ0n) is 18.5. The molecule has 186 valence electrons. The van der Waals surface area contributed by atoms with E-state index in [4.69, 9.17) is 9.26 Å². The number of ketones is 1. The van der Waals surface area contributed by atoms with Gasteiger partial charge < -0.3 is 9.26 Å². The Bertz CT molecular complexity index is 1410. The van der Waals surface area contributed by atoms with Crippen molar-refractivity contribution in [2.45, 2.75) is 43.6 Å². The lowest BCUT2D eigenvalue weighted by molar-refractivity contribution is -0.137. The molecule has 10 nitrogen and oxygen atoms in total. The Labute approximate surface area is 197 Å². The first-order valence-corrected chi connectivity index (χ1v) is 12.3. The van der Waals surface area contributed by atoms with Crippen LogP contribution in [0.15, 0.2) is 34.2 Å². The van der Waals surface area contributed by atoms with Gasteiger partial charge in [0.25, 0.3) is 5.16 Å². The van der Waals surface area contributed by atoms with Crippen LogP contribution in [-0.4, -0.2) is 53.0 Å². The van der Waals surface area contributed by atoms with Crippen LogP contribution in [0.4, 0.5) is 13.2 Å². The summed E-state index contributed by atoms with van der Waals surface area (Å²) in [6, 6.07) is 2.51. The van der Waals surface area contributed by atoms with E-state index in [2.05, 4.69) is 15.2 Å². The molecule has 0 atom stereocenters. The number of benzene rings is 1. The number of ether oxygens (including phenoxy) is 1. The molecule has 1 aliphatic rings. The van der Waals surface area contributed by atoms with Crippen LogP contribution in [-0.2, 0) is 27.3 Å². The van der Waals surface area contributed by atoms with Crippen LogP contribution in [0.25, 0.3) is 0 Å². The third-order valence-corrected chi connectivity index (χ3v) is 6.07. The molecule has 35 heavy (non-hydrogen) atoms. The fourth-order valence-corrected chi connectivity index (χ4v) is 3.93. The molecule has 0 N–H and O–H groups in total. The monoisotopic (exact) mass is 512 g/mol. The number of sulfone groups is 1. The fourth-order valence-electron chi connectivity index (χ4n) is 3.44. The third-order valence-electron chi connectivity index (χ3n) is 5.22. The van der Waals surface area contributed by atoms with E-state index in [1.165, 1.54) is 0 Å². The Morgan fingerprint density at radius 1 is 1.26 bits per heavy atom. The number of carbonyl (C=O) groups is 2. The van der Waals surface area contributed by atoms with Crippen LogP contribution in [0.3, 0.4) is 0 Å². The van der Waals surface area contributed by atoms with Crippen LogP contribution < -0.4 is 0 Å². The molecule has 3 aromatic rings. The van der Waals surface area contributed by atoms with Crippen molar-refractivity contribution in [3.63, 3.8) is 0 Å². The van der Waals surface area contributed by atoms with Crippen molar-refractivity contribution in [3.05, 3.63) is 58.2 Å². The summed E-state index contributed by atoms with van der Waals surface area (Å²) < 4.78 is 74.8. The van der Waals surface area contributed by atoms with Gasteiger partial charge in [-0.25, -0.2) is 22.9 Å². The Morgan fingerprint density at radius 2 is 1.97 bits per heavy atom. The van der Waals surface area contributed by atoms with Gasteiger partial charge in [-0.3, -0.25) is 4.79 Å². The van der Waals surface area contributed by atoms with E-state index in [0.29, 0.717) is 12.8 Å². The van der Waals surface area contributed by atoms with Gasteiger partial charge in [0.1, 0.15) is 11.9 Å². The number of hydrogen-bond acceptors (Lipinski definition) is 9. The van der Waals surface area contributed by atoms with Gasteiger partial charge in [-0.1, -0.05) is 11.2 Å². The summed E-state index contributed by atoms with van der Waals surface area (Å²) in [5.74, 6) is -1.64. The summed E-state index contributed by atoms with van der Waals surface area (Å²) in [5, 5.41) is 6.96. The van der Waals surface area contributed by atoms with Crippen molar-refractivity contribution in [2.24, 2.45) is 0 Å². The second kappa shape index (κ2) is 8.91. The lowest BCUT2D eigenvalue weighted by atomic mass is 9.94. The maximum atomic E-state index is 13.6. The van der Waals surface area contributed by atoms with Crippen molar-refractivity contribution in [1.29, 1.82) is 0 Å². The van der Waals surface area contributed by atoms with Crippen molar-refractivity contribution < 1.29 is 40.4 Å². The maximum Gasteiger partial charge on any atom is 0.416 e. The fraction of sp³-hybridized carbons (Fsp3) is 0.381. The molecule has 0 aliphatic heterocycles. The zero-order valence-corrected chi connectivity index (χ0v) is 19.3. The molecule has 1 fully saturated rings. The largest absolute Gasteiger partial charge is 0.461 e. The second-order valence-corrected chi connectivity index (χ2v) is 9.87. The van der Waals surface area contributed by atoms with Crippen molar-refractivity contribution in [2.75, 3.05) is 12.9 Å². The lowest BCUT2D eigenvalue weighted by Crippen LogP contribution is -2.17. The van der Waals surface area contributed by atoms with E-state index < -0.39 is 45.0 Å². The molecule has 1 aliphatic carbocycles. The van der Waals surface area contributed by atoms with Crippen molar-refractivity contribution >= 4 is 21.6 Å². The van der Waals surface area contributed by atoms with Gasteiger partial charge in [0.2, 0.25) is 15.5 Å². The molecule has 14 heteroatoms. The third kappa shape index (κ3) is 5.11. The number of carbonyl (C=O) groups excluding carboxylic acids is 2. The number of alkyl halides is 3. The molecule has 0 spiro atoms. The highest BCUT2D eigenvalue weighted by Gasteiger charge is 2.39. The standard InChI is InChI=1S/C21H19F3N4O6S/c1-3-33-19(30)16-15(18(34-27-16)11-4-5-11)17(29)14-7-6-13(21(22,23)24)8-12(14)9-28-10-25-20(26-28)35(2,31)32/h6-8,10-11H,3-5,9H2,1-2H3. The van der Waals surface area contributed by atoms with Crippen LogP contribution in [0, 0.1) is 0 Å². The minimum Gasteiger partial charge on any atom is -0.461 e. The molecule has 0 radical (unpaired) electrons. The zero-order chi connectivity index (χ0) is 25.5. The first kappa shape index (κ1) is 24.6. The van der Waals surface area contributed by atoms with Gasteiger partial charge >= 0.3 is 12.1 Å². The molecular formula is C21H19F3N4O6S. The highest BCUT2D eigenvalue weighted by atomic mass is 32.2. The summed E-state index contributed by atoms with van der Waals surface area (Å²) in [5.41, 5.74) is -1.82. The van der Waals surface area contributed by atoms with Gasteiger partial charge in [0.05, 0.1) is 18.7 Å². The number of aromatic nitrogens is 4. The van der Waals surface area contributed by atoms with E-state index in [0.717, 1.165) is 35.5 Å². The molecule has 0 unspecified atom stereocenters. The summed E-state index contributed by atoms with van der Waals surface area (Å²) >= 11 is 0. The molecule has 1 aromatic carbocycles. The highest BCUT2D eigenvalue weighted by Crippen LogP contribution is 2.43. The smallest absolute Gasteiger partial charge is 0.416 e. The number of esters is 1. The first-order chi connectivity index (χ1) is 16.4. The molecule has 2 aromatic heterocycles. The average Bonchev–Trinajstić information content (AvgIpc) is 3.32. The van der Waals surface area contributed by atoms with Crippen LogP contribution in [0.1, 0.15) is 69.0 Å². The first-order valence-electron chi connectivity index (χ1n) is 10.4. The van der Waals surface area contributed by atoms with Crippen molar-refractivity contribution in [3.8, 4) is 0 Å². The topological polar surface area (TPSA) is 134 Å². The maximum absolute atomic E-state index is 13.6. The van der Waals surface area contributed by atoms with E-state index in [1.54, 1.807) is 6.92 Å². The molecule has 1 saturated carbocycles. The number of halogens is 3. The molecule has 0 bridgehead atoms. The Morgan fingerprint density at radius 3 is 2.54 bits per heavy atom. The summed E-state index contributed by atoms with van der Waals surface area (Å²) in [6.45, 7) is 1.18. The SMILES string of the molecule is CCOC(=O)c1noc(C2CC2)c1C(=O)c1ccc(C(F)(F)F)cc1Cn1cnc(S(C)(=O)=O)n1. The van der Waals surface area contributed by atoms with Gasteiger partial charge in [0.15, 0.2) is 11.5 Å². The quantitative estimate of drug-likeness (QED) is 0.330. The van der Waals surface area contributed by atoms with E-state index in [-0.39, 0.29) is 40.7 Å². The molecule has 0 saturated heterocycles. The number of nitrogens with zero attached hydrogens (tertiary/aromatic N) is 4. The van der Waals surface area contributed by atoms with Crippen LogP contribution in [0.2, 0.25) is 0 Å². The predicted molar refractivity (Wildman–Crippen MR) is 112 cm³/mol. The van der Waals surface area contributed by atoms with Gasteiger partial charge in [-0.2, -0.15) is 13.2 Å². The van der Waals surface area contributed by atoms with Crippen LogP contribution >= 0.6 is 0 Å². The molecular weight excluding hydrogens is 493 g/mol. The second-order valence-electron chi connectivity index (χ2n) is 7.96. The number of hydrogen-bond donors (Lipinski definition) is 0. The highest BCUT2D eigenvalue weighted by molar-refractivity contribution is 7.90. The Kier molecular flexibility index (Phi) is 6.25. The Hall–Kier alpha value is -3.55. The van der Waals surface area contributed by atoms with Crippen LogP contribution in [0.5, 0.6) is 0 Å². The van der Waals surface area contributed by atoms with E-state index in [1.807, 2.05) is 0 Å². The minimum atomic E-state index is -4.71. The summed E-state index contributed by atoms with van der Waals surface area (Å²) in [6.07, 6.45) is -1.39. The minimum absolute atomic E-state index is 0.0125. The molecule has 2 heterocycles. The lowest BCUT2D eigenvalue weighted by Gasteiger charge is -2.13. The molecule has 0 amide bonds. The normalized spacial score (nSPS) is 14.2. The van der Waals surface area contributed by atoms with Gasteiger partial charge in [-0.05, 0) is 37.5 Å². The predicted octanol–water partition coefficient (Wildman–Crippen LogP) is 3.02. The number of rotatable bonds is 8. The summed E-state index contributed by atoms with van der Waals surface area (Å²) in [7, 11) is -3.76. The van der Waals surface area contributed by atoms with Crippen molar-refractivity contribution in [1.82, 2.24) is 19.9 Å². The summed E-state index contributed by atoms with van der Waals surface area (Å²) in [4.78, 5) is 29.6. The van der Waals surface area contributed by atoms with E-state index >= 15 is 0 Å². The average molecular weight is 512 g/mol.